The number of hydrogen-bond donors (Lipinski definition) is 2. The first-order valence-electron chi connectivity index (χ1n) is 11.3. The first-order chi connectivity index (χ1) is 15.3. The van der Waals surface area contributed by atoms with E-state index in [0.29, 0.717) is 32.6 Å². The summed E-state index contributed by atoms with van der Waals surface area (Å²) in [7, 11) is 0. The van der Waals surface area contributed by atoms with E-state index in [9.17, 15) is 18.3 Å². The number of piperazine rings is 1. The number of anilines is 2. The molecule has 6 nitrogen and oxygen atoms in total. The minimum Gasteiger partial charge on any atom is -0.387 e. The lowest BCUT2D eigenvalue weighted by Crippen LogP contribution is -2.47. The summed E-state index contributed by atoms with van der Waals surface area (Å²) < 4.78 is 40.1. The van der Waals surface area contributed by atoms with Crippen LogP contribution < -0.4 is 15.1 Å². The highest BCUT2D eigenvalue weighted by molar-refractivity contribution is 5.60. The SMILES string of the molecule is C[C@@H]1C[C@@H](O)c2ncnc(N3CCN(c4ccc(C(F)(F)F)cc4[C@@H]4CCCN4)CC3)c21. The normalized spacial score (nSPS) is 26.0. The summed E-state index contributed by atoms with van der Waals surface area (Å²) in [6.45, 7) is 5.73. The molecule has 2 saturated heterocycles. The first-order valence-corrected chi connectivity index (χ1v) is 11.3. The van der Waals surface area contributed by atoms with Gasteiger partial charge in [0.2, 0.25) is 0 Å². The molecular weight excluding hydrogens is 419 g/mol. The Morgan fingerprint density at radius 2 is 1.84 bits per heavy atom. The van der Waals surface area contributed by atoms with Crippen LogP contribution in [-0.2, 0) is 6.18 Å². The van der Waals surface area contributed by atoms with Gasteiger partial charge in [0.1, 0.15) is 12.1 Å². The molecule has 3 atom stereocenters. The highest BCUT2D eigenvalue weighted by Crippen LogP contribution is 2.43. The molecule has 0 saturated carbocycles. The quantitative estimate of drug-likeness (QED) is 0.747. The zero-order valence-corrected chi connectivity index (χ0v) is 18.1. The van der Waals surface area contributed by atoms with E-state index in [1.165, 1.54) is 18.5 Å². The number of aliphatic hydroxyl groups excluding tert-OH is 1. The maximum absolute atomic E-state index is 13.4. The van der Waals surface area contributed by atoms with Crippen molar-refractivity contribution in [3.8, 4) is 0 Å². The van der Waals surface area contributed by atoms with Gasteiger partial charge in [-0.15, -0.1) is 0 Å². The fourth-order valence-corrected chi connectivity index (χ4v) is 5.36. The summed E-state index contributed by atoms with van der Waals surface area (Å²) in [6.07, 6.45) is -0.902. The van der Waals surface area contributed by atoms with Crippen LogP contribution in [0, 0.1) is 0 Å². The Kier molecular flexibility index (Phi) is 5.49. The van der Waals surface area contributed by atoms with Gasteiger partial charge in [-0.25, -0.2) is 9.97 Å². The predicted molar refractivity (Wildman–Crippen MR) is 116 cm³/mol. The lowest BCUT2D eigenvalue weighted by molar-refractivity contribution is -0.137. The van der Waals surface area contributed by atoms with Crippen LogP contribution >= 0.6 is 0 Å². The van der Waals surface area contributed by atoms with Crippen LogP contribution in [0.3, 0.4) is 0 Å². The number of nitrogens with zero attached hydrogens (tertiary/aromatic N) is 4. The van der Waals surface area contributed by atoms with Crippen LogP contribution in [0.1, 0.15) is 66.6 Å². The molecule has 1 aromatic heterocycles. The van der Waals surface area contributed by atoms with Crippen molar-refractivity contribution < 1.29 is 18.3 Å². The number of hydrogen-bond acceptors (Lipinski definition) is 6. The topological polar surface area (TPSA) is 64.5 Å². The second-order valence-electron chi connectivity index (χ2n) is 9.04. The van der Waals surface area contributed by atoms with Gasteiger partial charge in [0.15, 0.2) is 0 Å². The molecule has 2 aromatic rings. The summed E-state index contributed by atoms with van der Waals surface area (Å²) in [4.78, 5) is 13.2. The molecular formula is C23H28F3N5O. The Bertz CT molecular complexity index is 984. The van der Waals surface area contributed by atoms with Crippen molar-refractivity contribution in [2.75, 3.05) is 42.5 Å². The van der Waals surface area contributed by atoms with Crippen molar-refractivity contribution in [1.29, 1.82) is 0 Å². The molecule has 3 heterocycles. The van der Waals surface area contributed by atoms with Crippen molar-refractivity contribution >= 4 is 11.5 Å². The number of fused-ring (bicyclic) bond motifs is 1. The molecule has 0 bridgehead atoms. The van der Waals surface area contributed by atoms with Gasteiger partial charge in [-0.2, -0.15) is 13.2 Å². The van der Waals surface area contributed by atoms with Gasteiger partial charge in [0.25, 0.3) is 0 Å². The highest BCUT2D eigenvalue weighted by atomic mass is 19.4. The van der Waals surface area contributed by atoms with Crippen molar-refractivity contribution in [2.24, 2.45) is 0 Å². The number of alkyl halides is 3. The molecule has 1 aliphatic carbocycles. The fraction of sp³-hybridized carbons (Fsp3) is 0.565. The Hall–Kier alpha value is -2.39. The second kappa shape index (κ2) is 8.19. The zero-order chi connectivity index (χ0) is 22.5. The van der Waals surface area contributed by atoms with Crippen LogP contribution in [0.4, 0.5) is 24.7 Å². The van der Waals surface area contributed by atoms with Gasteiger partial charge in [-0.1, -0.05) is 6.92 Å². The summed E-state index contributed by atoms with van der Waals surface area (Å²) >= 11 is 0. The molecule has 0 radical (unpaired) electrons. The smallest absolute Gasteiger partial charge is 0.387 e. The van der Waals surface area contributed by atoms with E-state index in [0.717, 1.165) is 47.7 Å². The minimum absolute atomic E-state index is 0.0437. The number of halogens is 3. The Balaban J connectivity index is 1.38. The molecule has 32 heavy (non-hydrogen) atoms. The third-order valence-corrected chi connectivity index (χ3v) is 6.99. The lowest BCUT2D eigenvalue weighted by Gasteiger charge is -2.39. The Labute approximate surface area is 185 Å². The molecule has 0 spiro atoms. The van der Waals surface area contributed by atoms with Gasteiger partial charge in [0.05, 0.1) is 17.4 Å². The minimum atomic E-state index is -4.35. The summed E-state index contributed by atoms with van der Waals surface area (Å²) in [5, 5.41) is 13.6. The molecule has 2 N–H and O–H groups in total. The van der Waals surface area contributed by atoms with E-state index in [2.05, 4.69) is 32.0 Å². The molecule has 172 valence electrons. The molecule has 0 amide bonds. The Morgan fingerprint density at radius 1 is 1.09 bits per heavy atom. The number of nitrogens with one attached hydrogen (secondary N) is 1. The van der Waals surface area contributed by atoms with E-state index >= 15 is 0 Å². The van der Waals surface area contributed by atoms with Crippen LogP contribution in [0.2, 0.25) is 0 Å². The largest absolute Gasteiger partial charge is 0.416 e. The van der Waals surface area contributed by atoms with Crippen LogP contribution in [0.5, 0.6) is 0 Å². The number of rotatable bonds is 3. The maximum atomic E-state index is 13.4. The molecule has 5 rings (SSSR count). The van der Waals surface area contributed by atoms with Gasteiger partial charge in [-0.3, -0.25) is 0 Å². The van der Waals surface area contributed by atoms with E-state index in [4.69, 9.17) is 0 Å². The van der Waals surface area contributed by atoms with Crippen molar-refractivity contribution in [3.05, 3.63) is 46.9 Å². The lowest BCUT2D eigenvalue weighted by atomic mass is 9.98. The summed E-state index contributed by atoms with van der Waals surface area (Å²) in [5.41, 5.74) is 2.79. The van der Waals surface area contributed by atoms with Crippen LogP contribution in [0.25, 0.3) is 0 Å². The van der Waals surface area contributed by atoms with E-state index in [1.807, 2.05) is 0 Å². The molecule has 9 heteroatoms. The molecule has 3 aliphatic rings. The van der Waals surface area contributed by atoms with Gasteiger partial charge >= 0.3 is 6.18 Å². The monoisotopic (exact) mass is 447 g/mol. The second-order valence-corrected chi connectivity index (χ2v) is 9.04. The van der Waals surface area contributed by atoms with E-state index in [1.54, 1.807) is 6.07 Å². The van der Waals surface area contributed by atoms with Gasteiger partial charge in [0, 0.05) is 43.5 Å². The van der Waals surface area contributed by atoms with Crippen molar-refractivity contribution in [1.82, 2.24) is 15.3 Å². The highest BCUT2D eigenvalue weighted by Gasteiger charge is 2.35. The van der Waals surface area contributed by atoms with E-state index < -0.39 is 17.8 Å². The average Bonchev–Trinajstić information content (AvgIpc) is 3.41. The van der Waals surface area contributed by atoms with Crippen LogP contribution in [-0.4, -0.2) is 47.8 Å². The molecule has 0 unspecified atom stereocenters. The average molecular weight is 448 g/mol. The molecule has 2 fully saturated rings. The molecule has 2 aliphatic heterocycles. The summed E-state index contributed by atoms with van der Waals surface area (Å²) in [5.74, 6) is 1.08. The zero-order valence-electron chi connectivity index (χ0n) is 18.1. The first kappa shape index (κ1) is 21.5. The molecule has 1 aromatic carbocycles. The van der Waals surface area contributed by atoms with Gasteiger partial charge < -0.3 is 20.2 Å². The van der Waals surface area contributed by atoms with Crippen molar-refractivity contribution in [2.45, 2.75) is 50.4 Å². The third-order valence-electron chi connectivity index (χ3n) is 6.99. The Morgan fingerprint density at radius 3 is 2.53 bits per heavy atom. The van der Waals surface area contributed by atoms with Gasteiger partial charge in [-0.05, 0) is 55.5 Å². The van der Waals surface area contributed by atoms with Crippen LogP contribution in [0.15, 0.2) is 24.5 Å². The standard InChI is InChI=1S/C23H28F3N5O/c1-14-11-19(32)21-20(14)22(29-13-28-21)31-9-7-30(8-10-31)18-5-4-15(23(24,25)26)12-16(18)17-3-2-6-27-17/h4-5,12-14,17,19,27,32H,2-3,6-11H2,1H3/t14-,17+,19-/m1/s1. The van der Waals surface area contributed by atoms with E-state index in [-0.39, 0.29) is 12.0 Å². The predicted octanol–water partition coefficient (Wildman–Crippen LogP) is 3.79. The third kappa shape index (κ3) is 3.81. The fourth-order valence-electron chi connectivity index (χ4n) is 5.36. The number of aromatic nitrogens is 2. The summed E-state index contributed by atoms with van der Waals surface area (Å²) in [6, 6.07) is 4.11. The number of aliphatic hydroxyl groups is 1. The maximum Gasteiger partial charge on any atom is 0.416 e. The number of benzene rings is 1. The van der Waals surface area contributed by atoms with Crippen molar-refractivity contribution in [3.63, 3.8) is 0 Å².